The fourth-order valence-corrected chi connectivity index (χ4v) is 3.48. The summed E-state index contributed by atoms with van der Waals surface area (Å²) in [4.78, 5) is 7.21. The van der Waals surface area contributed by atoms with Gasteiger partial charge in [-0.15, -0.1) is 24.0 Å². The molecule has 0 aromatic carbocycles. The van der Waals surface area contributed by atoms with Crippen LogP contribution in [-0.2, 0) is 9.47 Å². The zero-order valence-electron chi connectivity index (χ0n) is 16.7. The lowest BCUT2D eigenvalue weighted by Gasteiger charge is -2.31. The molecule has 26 heavy (non-hydrogen) atoms. The van der Waals surface area contributed by atoms with Crippen molar-refractivity contribution < 1.29 is 9.47 Å². The molecule has 1 unspecified atom stereocenters. The third kappa shape index (κ3) is 9.71. The Morgan fingerprint density at radius 3 is 2.65 bits per heavy atom. The Balaban J connectivity index is 0.00000338. The summed E-state index contributed by atoms with van der Waals surface area (Å²) >= 11 is 0. The maximum Gasteiger partial charge on any atom is 0.191 e. The van der Waals surface area contributed by atoms with Crippen molar-refractivity contribution in [3.05, 3.63) is 0 Å². The lowest BCUT2D eigenvalue weighted by Crippen LogP contribution is -2.39. The van der Waals surface area contributed by atoms with E-state index in [9.17, 15) is 0 Å². The molecule has 2 aliphatic rings. The predicted molar refractivity (Wildman–Crippen MR) is 119 cm³/mol. The van der Waals surface area contributed by atoms with Gasteiger partial charge in [0, 0.05) is 32.8 Å². The molecular weight excluding hydrogens is 443 g/mol. The number of ether oxygens (including phenoxy) is 2. The smallest absolute Gasteiger partial charge is 0.191 e. The Morgan fingerprint density at radius 1 is 1.19 bits per heavy atom. The van der Waals surface area contributed by atoms with Crippen molar-refractivity contribution >= 4 is 29.9 Å². The summed E-state index contributed by atoms with van der Waals surface area (Å²) in [6.07, 6.45) is 6.21. The Hall–Kier alpha value is -0.120. The van der Waals surface area contributed by atoms with Crippen LogP contribution in [0.25, 0.3) is 0 Å². The summed E-state index contributed by atoms with van der Waals surface area (Å²) in [6, 6.07) is 0. The summed E-state index contributed by atoms with van der Waals surface area (Å²) in [5, 5.41) is 6.83. The van der Waals surface area contributed by atoms with Gasteiger partial charge in [-0.25, -0.2) is 0 Å². The molecule has 0 aromatic rings. The molecule has 0 radical (unpaired) electrons. The predicted octanol–water partition coefficient (Wildman–Crippen LogP) is 2.48. The van der Waals surface area contributed by atoms with Gasteiger partial charge in [-0.2, -0.15) is 0 Å². The molecule has 2 heterocycles. The van der Waals surface area contributed by atoms with Gasteiger partial charge in [-0.05, 0) is 64.6 Å². The van der Waals surface area contributed by atoms with E-state index in [0.717, 1.165) is 64.2 Å². The minimum absolute atomic E-state index is 0. The van der Waals surface area contributed by atoms with Crippen LogP contribution in [0, 0.1) is 5.92 Å². The molecule has 0 spiro atoms. The van der Waals surface area contributed by atoms with E-state index in [4.69, 9.17) is 9.47 Å². The van der Waals surface area contributed by atoms with E-state index in [1.807, 2.05) is 0 Å². The van der Waals surface area contributed by atoms with Crippen molar-refractivity contribution in [2.45, 2.75) is 52.1 Å². The number of nitrogens with zero attached hydrogens (tertiary/aromatic N) is 2. The summed E-state index contributed by atoms with van der Waals surface area (Å²) < 4.78 is 11.1. The van der Waals surface area contributed by atoms with Crippen molar-refractivity contribution in [1.29, 1.82) is 0 Å². The normalized spacial score (nSPS) is 22.2. The maximum absolute atomic E-state index is 5.78. The van der Waals surface area contributed by atoms with Gasteiger partial charge in [0.05, 0.1) is 12.7 Å². The number of hydrogen-bond donors (Lipinski definition) is 2. The molecule has 0 bridgehead atoms. The van der Waals surface area contributed by atoms with Gasteiger partial charge >= 0.3 is 0 Å². The standard InChI is InChI=1S/C19H38N4O2.HI/c1-3-20-19(21-10-5-14-25-18-9-15-24-16-18)22-11-6-17-7-12-23(4-2)13-8-17;/h17-18H,3-16H2,1-2H3,(H2,20,21,22);1H. The first-order valence-electron chi connectivity index (χ1n) is 10.3. The van der Waals surface area contributed by atoms with Gasteiger partial charge in [0.2, 0.25) is 0 Å². The highest BCUT2D eigenvalue weighted by molar-refractivity contribution is 14.0. The van der Waals surface area contributed by atoms with Gasteiger partial charge in [0.1, 0.15) is 0 Å². The van der Waals surface area contributed by atoms with Crippen molar-refractivity contribution in [2.24, 2.45) is 10.9 Å². The molecule has 0 amide bonds. The number of aliphatic imine (C=N–C) groups is 1. The van der Waals surface area contributed by atoms with Crippen LogP contribution in [0.5, 0.6) is 0 Å². The third-order valence-electron chi connectivity index (χ3n) is 5.16. The van der Waals surface area contributed by atoms with Gasteiger partial charge < -0.3 is 25.0 Å². The monoisotopic (exact) mass is 482 g/mol. The lowest BCUT2D eigenvalue weighted by molar-refractivity contribution is 0.0424. The minimum Gasteiger partial charge on any atom is -0.379 e. The molecule has 0 aromatic heterocycles. The molecular formula is C19H39IN4O2. The van der Waals surface area contributed by atoms with Crippen LogP contribution in [0.1, 0.15) is 46.0 Å². The summed E-state index contributed by atoms with van der Waals surface area (Å²) in [7, 11) is 0. The Morgan fingerprint density at radius 2 is 2.00 bits per heavy atom. The molecule has 2 aliphatic heterocycles. The number of halogens is 1. The molecule has 0 saturated carbocycles. The number of hydrogen-bond acceptors (Lipinski definition) is 4. The number of piperidine rings is 1. The number of rotatable bonds is 10. The van der Waals surface area contributed by atoms with E-state index in [1.165, 1.54) is 38.9 Å². The molecule has 2 saturated heterocycles. The molecule has 6 nitrogen and oxygen atoms in total. The van der Waals surface area contributed by atoms with Gasteiger partial charge in [-0.3, -0.25) is 4.99 Å². The molecule has 2 fully saturated rings. The van der Waals surface area contributed by atoms with Crippen LogP contribution in [0.15, 0.2) is 4.99 Å². The number of likely N-dealkylation sites (tertiary alicyclic amines) is 1. The van der Waals surface area contributed by atoms with Crippen molar-refractivity contribution in [3.63, 3.8) is 0 Å². The van der Waals surface area contributed by atoms with E-state index >= 15 is 0 Å². The topological polar surface area (TPSA) is 58.1 Å². The van der Waals surface area contributed by atoms with Crippen LogP contribution in [-0.4, -0.2) is 76.1 Å². The van der Waals surface area contributed by atoms with E-state index in [2.05, 4.69) is 34.4 Å². The zero-order chi connectivity index (χ0) is 17.7. The second-order valence-corrected chi connectivity index (χ2v) is 7.06. The number of guanidine groups is 1. The van der Waals surface area contributed by atoms with E-state index in [0.29, 0.717) is 6.10 Å². The zero-order valence-corrected chi connectivity index (χ0v) is 19.0. The van der Waals surface area contributed by atoms with Crippen molar-refractivity contribution in [3.8, 4) is 0 Å². The third-order valence-corrected chi connectivity index (χ3v) is 5.16. The lowest BCUT2D eigenvalue weighted by atomic mass is 9.93. The highest BCUT2D eigenvalue weighted by Crippen LogP contribution is 2.19. The second-order valence-electron chi connectivity index (χ2n) is 7.06. The van der Waals surface area contributed by atoms with Crippen molar-refractivity contribution in [1.82, 2.24) is 15.5 Å². The van der Waals surface area contributed by atoms with Crippen LogP contribution in [0.4, 0.5) is 0 Å². The molecule has 7 heteroatoms. The van der Waals surface area contributed by atoms with E-state index in [-0.39, 0.29) is 24.0 Å². The molecule has 154 valence electrons. The first-order chi connectivity index (χ1) is 12.3. The minimum atomic E-state index is 0. The van der Waals surface area contributed by atoms with Crippen LogP contribution < -0.4 is 10.6 Å². The van der Waals surface area contributed by atoms with Crippen molar-refractivity contribution in [2.75, 3.05) is 59.1 Å². The Kier molecular flexibility index (Phi) is 13.7. The average molecular weight is 482 g/mol. The highest BCUT2D eigenvalue weighted by Gasteiger charge is 2.17. The summed E-state index contributed by atoms with van der Waals surface area (Å²) in [6.45, 7) is 13.2. The molecule has 2 N–H and O–H groups in total. The van der Waals surface area contributed by atoms with E-state index in [1.54, 1.807) is 0 Å². The Labute approximate surface area is 176 Å². The molecule has 0 aliphatic carbocycles. The second kappa shape index (κ2) is 14.9. The van der Waals surface area contributed by atoms with Gasteiger partial charge in [-0.1, -0.05) is 6.92 Å². The maximum atomic E-state index is 5.78. The van der Waals surface area contributed by atoms with Crippen LogP contribution in [0.3, 0.4) is 0 Å². The summed E-state index contributed by atoms with van der Waals surface area (Å²) in [5.74, 6) is 1.80. The largest absolute Gasteiger partial charge is 0.379 e. The van der Waals surface area contributed by atoms with E-state index < -0.39 is 0 Å². The molecule has 1 atom stereocenters. The van der Waals surface area contributed by atoms with Gasteiger partial charge in [0.15, 0.2) is 5.96 Å². The summed E-state index contributed by atoms with van der Waals surface area (Å²) in [5.41, 5.74) is 0. The Bertz CT molecular complexity index is 371. The van der Waals surface area contributed by atoms with Crippen LogP contribution in [0.2, 0.25) is 0 Å². The quantitative estimate of drug-likeness (QED) is 0.217. The SMILES string of the molecule is CCNC(=NCCCOC1CCOC1)NCCC1CCN(CC)CC1.I. The van der Waals surface area contributed by atoms with Gasteiger partial charge in [0.25, 0.3) is 0 Å². The fraction of sp³-hybridized carbons (Fsp3) is 0.947. The highest BCUT2D eigenvalue weighted by atomic mass is 127. The first kappa shape index (κ1) is 23.9. The first-order valence-corrected chi connectivity index (χ1v) is 10.3. The van der Waals surface area contributed by atoms with Crippen LogP contribution >= 0.6 is 24.0 Å². The average Bonchev–Trinajstić information content (AvgIpc) is 3.15. The fourth-order valence-electron chi connectivity index (χ4n) is 3.48. The molecule has 2 rings (SSSR count). The number of nitrogens with one attached hydrogen (secondary N) is 2.